The molecule has 3 nitrogen and oxygen atoms in total. The zero-order valence-corrected chi connectivity index (χ0v) is 12.0. The SMILES string of the molecule is CC(C)N1C[C@H]2CC[C@@H](C1)[C@H]2OCc1ccncc1. The summed E-state index contributed by atoms with van der Waals surface area (Å²) in [5, 5.41) is 0. The van der Waals surface area contributed by atoms with Gasteiger partial charge in [0.1, 0.15) is 0 Å². The molecule has 1 saturated carbocycles. The van der Waals surface area contributed by atoms with Crippen molar-refractivity contribution in [2.24, 2.45) is 11.8 Å². The summed E-state index contributed by atoms with van der Waals surface area (Å²) in [6, 6.07) is 4.76. The molecule has 1 aliphatic heterocycles. The summed E-state index contributed by atoms with van der Waals surface area (Å²) in [7, 11) is 0. The number of hydrogen-bond donors (Lipinski definition) is 0. The second kappa shape index (κ2) is 5.59. The second-order valence-electron chi connectivity index (χ2n) is 6.28. The van der Waals surface area contributed by atoms with Crippen LogP contribution < -0.4 is 0 Å². The van der Waals surface area contributed by atoms with Crippen LogP contribution in [-0.2, 0) is 11.3 Å². The van der Waals surface area contributed by atoms with E-state index in [-0.39, 0.29) is 0 Å². The maximum Gasteiger partial charge on any atom is 0.0722 e. The lowest BCUT2D eigenvalue weighted by atomic mass is 9.94. The minimum Gasteiger partial charge on any atom is -0.373 e. The largest absolute Gasteiger partial charge is 0.373 e. The van der Waals surface area contributed by atoms with Crippen LogP contribution in [-0.4, -0.2) is 35.1 Å². The highest BCUT2D eigenvalue weighted by Gasteiger charge is 2.43. The minimum absolute atomic E-state index is 0.475. The summed E-state index contributed by atoms with van der Waals surface area (Å²) in [5.74, 6) is 1.48. The topological polar surface area (TPSA) is 25.4 Å². The van der Waals surface area contributed by atoms with Gasteiger partial charge in [0.2, 0.25) is 0 Å². The molecular weight excluding hydrogens is 236 g/mol. The number of piperidine rings is 1. The van der Waals surface area contributed by atoms with Crippen molar-refractivity contribution in [3.63, 3.8) is 0 Å². The van der Waals surface area contributed by atoms with Gasteiger partial charge in [-0.2, -0.15) is 0 Å². The Morgan fingerprint density at radius 2 is 1.84 bits per heavy atom. The smallest absolute Gasteiger partial charge is 0.0722 e. The number of nitrogens with zero attached hydrogens (tertiary/aromatic N) is 2. The molecule has 2 fully saturated rings. The molecule has 2 heterocycles. The molecule has 19 heavy (non-hydrogen) atoms. The first-order valence-electron chi connectivity index (χ1n) is 7.48. The Hall–Kier alpha value is -0.930. The van der Waals surface area contributed by atoms with Crippen LogP contribution in [0, 0.1) is 11.8 Å². The Labute approximate surface area is 116 Å². The number of hydrogen-bond acceptors (Lipinski definition) is 3. The first-order chi connectivity index (χ1) is 9.24. The summed E-state index contributed by atoms with van der Waals surface area (Å²) < 4.78 is 6.23. The van der Waals surface area contributed by atoms with Crippen molar-refractivity contribution >= 4 is 0 Å². The van der Waals surface area contributed by atoms with E-state index in [9.17, 15) is 0 Å². The first-order valence-corrected chi connectivity index (χ1v) is 7.48. The normalized spacial score (nSPS) is 31.0. The van der Waals surface area contributed by atoms with Crippen molar-refractivity contribution in [2.75, 3.05) is 13.1 Å². The maximum absolute atomic E-state index is 6.23. The summed E-state index contributed by atoms with van der Waals surface area (Å²) in [4.78, 5) is 6.67. The van der Waals surface area contributed by atoms with E-state index in [4.69, 9.17) is 4.74 Å². The minimum atomic E-state index is 0.475. The fourth-order valence-electron chi connectivity index (χ4n) is 3.57. The van der Waals surface area contributed by atoms with Gasteiger partial charge in [0.05, 0.1) is 12.7 Å². The molecule has 1 aliphatic carbocycles. The van der Waals surface area contributed by atoms with E-state index in [1.807, 2.05) is 24.5 Å². The third kappa shape index (κ3) is 2.82. The molecule has 0 aromatic carbocycles. The van der Waals surface area contributed by atoms with Crippen LogP contribution >= 0.6 is 0 Å². The van der Waals surface area contributed by atoms with E-state index in [0.29, 0.717) is 12.1 Å². The highest BCUT2D eigenvalue weighted by atomic mass is 16.5. The van der Waals surface area contributed by atoms with Gasteiger partial charge in [0.25, 0.3) is 0 Å². The Kier molecular flexibility index (Phi) is 3.85. The molecule has 3 atom stereocenters. The van der Waals surface area contributed by atoms with Crippen LogP contribution in [0.1, 0.15) is 32.3 Å². The number of ether oxygens (including phenoxy) is 1. The molecule has 3 rings (SSSR count). The third-order valence-corrected chi connectivity index (χ3v) is 4.70. The van der Waals surface area contributed by atoms with E-state index < -0.39 is 0 Å². The lowest BCUT2D eigenvalue weighted by Crippen LogP contribution is -2.48. The van der Waals surface area contributed by atoms with Gasteiger partial charge in [0.15, 0.2) is 0 Å². The summed E-state index contributed by atoms with van der Waals surface area (Å²) in [5.41, 5.74) is 1.24. The van der Waals surface area contributed by atoms with Crippen LogP contribution in [0.15, 0.2) is 24.5 Å². The summed E-state index contributed by atoms with van der Waals surface area (Å²) in [6.07, 6.45) is 6.84. The standard InChI is InChI=1S/C16H24N2O/c1-12(2)18-9-14-3-4-15(10-18)16(14)19-11-13-5-7-17-8-6-13/h5-8,12,14-16H,3-4,9-11H2,1-2H3/t14-,15+,16+. The molecule has 0 N–H and O–H groups in total. The van der Waals surface area contributed by atoms with Crippen molar-refractivity contribution in [2.45, 2.75) is 45.4 Å². The number of likely N-dealkylation sites (tertiary alicyclic amines) is 1. The Morgan fingerprint density at radius 1 is 1.21 bits per heavy atom. The van der Waals surface area contributed by atoms with Crippen molar-refractivity contribution in [1.82, 2.24) is 9.88 Å². The predicted molar refractivity (Wildman–Crippen MR) is 75.7 cm³/mol. The molecule has 0 unspecified atom stereocenters. The maximum atomic E-state index is 6.23. The van der Waals surface area contributed by atoms with Gasteiger partial charge in [-0.3, -0.25) is 4.98 Å². The molecule has 0 amide bonds. The lowest BCUT2D eigenvalue weighted by Gasteiger charge is -2.39. The van der Waals surface area contributed by atoms with Crippen molar-refractivity contribution in [3.05, 3.63) is 30.1 Å². The fraction of sp³-hybridized carbons (Fsp3) is 0.688. The molecule has 2 aliphatic rings. The summed E-state index contributed by atoms with van der Waals surface area (Å²) >= 11 is 0. The van der Waals surface area contributed by atoms with Gasteiger partial charge in [0, 0.05) is 31.5 Å². The number of rotatable bonds is 4. The highest BCUT2D eigenvalue weighted by molar-refractivity contribution is 5.08. The Balaban J connectivity index is 1.58. The van der Waals surface area contributed by atoms with E-state index in [1.54, 1.807) is 0 Å². The fourth-order valence-corrected chi connectivity index (χ4v) is 3.57. The molecule has 1 aromatic rings. The number of aromatic nitrogens is 1. The van der Waals surface area contributed by atoms with Crippen LogP contribution in [0.5, 0.6) is 0 Å². The zero-order valence-electron chi connectivity index (χ0n) is 12.0. The average Bonchev–Trinajstić information content (AvgIpc) is 2.66. The predicted octanol–water partition coefficient (Wildman–Crippen LogP) is 2.72. The zero-order chi connectivity index (χ0) is 13.2. The Bertz CT molecular complexity index is 392. The molecule has 2 bridgehead atoms. The molecule has 0 spiro atoms. The van der Waals surface area contributed by atoms with E-state index in [1.165, 1.54) is 31.5 Å². The van der Waals surface area contributed by atoms with Crippen molar-refractivity contribution in [3.8, 4) is 0 Å². The number of pyridine rings is 1. The van der Waals surface area contributed by atoms with E-state index >= 15 is 0 Å². The third-order valence-electron chi connectivity index (χ3n) is 4.70. The molecule has 3 heteroatoms. The summed E-state index contributed by atoms with van der Waals surface area (Å²) in [6.45, 7) is 7.78. The quantitative estimate of drug-likeness (QED) is 0.832. The van der Waals surface area contributed by atoms with Crippen molar-refractivity contribution in [1.29, 1.82) is 0 Å². The van der Waals surface area contributed by atoms with Gasteiger partial charge in [-0.05, 0) is 56.2 Å². The average molecular weight is 260 g/mol. The molecule has 104 valence electrons. The first kappa shape index (κ1) is 13.1. The van der Waals surface area contributed by atoms with Gasteiger partial charge in [-0.1, -0.05) is 0 Å². The molecular formula is C16H24N2O. The molecule has 1 aromatic heterocycles. The van der Waals surface area contributed by atoms with Gasteiger partial charge >= 0.3 is 0 Å². The van der Waals surface area contributed by atoms with Crippen LogP contribution in [0.4, 0.5) is 0 Å². The second-order valence-corrected chi connectivity index (χ2v) is 6.28. The van der Waals surface area contributed by atoms with Gasteiger partial charge < -0.3 is 9.64 Å². The van der Waals surface area contributed by atoms with Crippen LogP contribution in [0.25, 0.3) is 0 Å². The number of fused-ring (bicyclic) bond motifs is 2. The van der Waals surface area contributed by atoms with Gasteiger partial charge in [-0.15, -0.1) is 0 Å². The highest BCUT2D eigenvalue weighted by Crippen LogP contribution is 2.39. The molecule has 0 radical (unpaired) electrons. The van der Waals surface area contributed by atoms with Gasteiger partial charge in [-0.25, -0.2) is 0 Å². The van der Waals surface area contributed by atoms with Crippen LogP contribution in [0.3, 0.4) is 0 Å². The monoisotopic (exact) mass is 260 g/mol. The van der Waals surface area contributed by atoms with E-state index in [0.717, 1.165) is 18.4 Å². The lowest BCUT2D eigenvalue weighted by molar-refractivity contribution is -0.0564. The van der Waals surface area contributed by atoms with Crippen LogP contribution in [0.2, 0.25) is 0 Å². The Morgan fingerprint density at radius 3 is 2.42 bits per heavy atom. The van der Waals surface area contributed by atoms with Crippen molar-refractivity contribution < 1.29 is 4.74 Å². The van der Waals surface area contributed by atoms with E-state index in [2.05, 4.69) is 23.7 Å². The molecule has 1 saturated heterocycles.